The van der Waals surface area contributed by atoms with E-state index in [9.17, 15) is 10.1 Å². The average molecular weight is 344 g/mol. The van der Waals surface area contributed by atoms with E-state index in [0.717, 1.165) is 0 Å². The Labute approximate surface area is 146 Å². The molecule has 25 heavy (non-hydrogen) atoms. The van der Waals surface area contributed by atoms with Gasteiger partial charge in [0.25, 0.3) is 0 Å². The summed E-state index contributed by atoms with van der Waals surface area (Å²) >= 11 is 0. The molecule has 0 aliphatic carbocycles. The molecule has 0 radical (unpaired) electrons. The van der Waals surface area contributed by atoms with Crippen LogP contribution in [-0.4, -0.2) is 33.2 Å². The van der Waals surface area contributed by atoms with Crippen LogP contribution in [-0.2, 0) is 14.3 Å². The first-order valence-electron chi connectivity index (χ1n) is 7.71. The van der Waals surface area contributed by atoms with Crippen molar-refractivity contribution in [1.29, 1.82) is 10.7 Å². The molecule has 0 saturated heterocycles. The highest BCUT2D eigenvalue weighted by molar-refractivity contribution is 5.96. The number of nitriles is 1. The first-order valence-corrected chi connectivity index (χ1v) is 7.71. The molecule has 2 atom stereocenters. The highest BCUT2D eigenvalue weighted by Crippen LogP contribution is 2.42. The third-order valence-electron chi connectivity index (χ3n) is 4.09. The minimum Gasteiger partial charge on any atom is -0.493 e. The van der Waals surface area contributed by atoms with Crippen LogP contribution >= 0.6 is 0 Å². The monoisotopic (exact) mass is 344 g/mol. The molecule has 0 saturated carbocycles. The highest BCUT2D eigenvalue weighted by atomic mass is 16.5. The van der Waals surface area contributed by atoms with Crippen LogP contribution in [0.3, 0.4) is 0 Å². The van der Waals surface area contributed by atoms with Crippen molar-refractivity contribution in [2.45, 2.75) is 19.3 Å². The van der Waals surface area contributed by atoms with Gasteiger partial charge in [-0.25, -0.2) is 4.79 Å². The van der Waals surface area contributed by atoms with Crippen molar-refractivity contribution in [3.05, 3.63) is 35.1 Å². The Kier molecular flexibility index (Phi) is 5.65. The summed E-state index contributed by atoms with van der Waals surface area (Å²) in [6.45, 7) is 1.81. The van der Waals surface area contributed by atoms with Crippen molar-refractivity contribution < 1.29 is 23.7 Å². The molecule has 0 aromatic heterocycles. The molecule has 1 aliphatic heterocycles. The zero-order valence-electron chi connectivity index (χ0n) is 14.6. The molecule has 1 N–H and O–H groups in total. The lowest BCUT2D eigenvalue weighted by atomic mass is 9.78. The molecule has 0 fully saturated rings. The van der Waals surface area contributed by atoms with Crippen LogP contribution in [0.2, 0.25) is 0 Å². The molecule has 2 rings (SSSR count). The summed E-state index contributed by atoms with van der Waals surface area (Å²) in [5, 5.41) is 17.6. The van der Waals surface area contributed by atoms with Gasteiger partial charge in [0.15, 0.2) is 11.5 Å². The number of allylic oxidation sites excluding steroid dienone is 1. The number of carbonyl (C=O) groups is 1. The number of ether oxygens (including phenoxy) is 4. The first-order chi connectivity index (χ1) is 12.0. The minimum absolute atomic E-state index is 0.188. The maximum atomic E-state index is 12.4. The number of methoxy groups -OCH3 is 3. The normalized spacial score (nSPS) is 19.7. The van der Waals surface area contributed by atoms with Gasteiger partial charge in [-0.05, 0) is 17.7 Å². The maximum Gasteiger partial charge on any atom is 0.337 e. The number of carbonyl (C=O) groups excluding carboxylic acids is 1. The zero-order chi connectivity index (χ0) is 18.6. The Morgan fingerprint density at radius 2 is 1.96 bits per heavy atom. The summed E-state index contributed by atoms with van der Waals surface area (Å²) in [5.74, 6) is -1.06. The van der Waals surface area contributed by atoms with E-state index >= 15 is 0 Å². The van der Waals surface area contributed by atoms with Gasteiger partial charge in [0.1, 0.15) is 11.7 Å². The van der Waals surface area contributed by atoms with Crippen molar-refractivity contribution in [3.8, 4) is 17.6 Å². The number of nitrogens with zero attached hydrogens (tertiary/aromatic N) is 1. The highest BCUT2D eigenvalue weighted by Gasteiger charge is 2.42. The second-order valence-electron chi connectivity index (χ2n) is 5.35. The Bertz CT molecular complexity index is 763. The number of hydrogen-bond donors (Lipinski definition) is 1. The van der Waals surface area contributed by atoms with Crippen molar-refractivity contribution in [2.75, 3.05) is 21.3 Å². The molecule has 0 amide bonds. The van der Waals surface area contributed by atoms with E-state index in [1.54, 1.807) is 18.2 Å². The Hall–Kier alpha value is -3.01. The molecule has 1 heterocycles. The number of nitrogens with one attached hydrogen (secondary N) is 1. The van der Waals surface area contributed by atoms with Gasteiger partial charge in [-0.3, -0.25) is 5.41 Å². The van der Waals surface area contributed by atoms with E-state index in [2.05, 4.69) is 6.07 Å². The molecule has 1 aliphatic rings. The van der Waals surface area contributed by atoms with E-state index in [1.165, 1.54) is 21.3 Å². The fourth-order valence-electron chi connectivity index (χ4n) is 2.89. The second-order valence-corrected chi connectivity index (χ2v) is 5.35. The third-order valence-corrected chi connectivity index (χ3v) is 4.09. The lowest BCUT2D eigenvalue weighted by molar-refractivity contribution is -0.136. The fraction of sp³-hybridized carbons (Fsp3) is 0.389. The molecule has 7 heteroatoms. The van der Waals surface area contributed by atoms with Gasteiger partial charge in [0.2, 0.25) is 5.90 Å². The summed E-state index contributed by atoms with van der Waals surface area (Å²) in [4.78, 5) is 12.4. The van der Waals surface area contributed by atoms with E-state index < -0.39 is 17.8 Å². The second kappa shape index (κ2) is 7.71. The van der Waals surface area contributed by atoms with Crippen LogP contribution in [0.1, 0.15) is 24.8 Å². The number of benzene rings is 1. The molecular weight excluding hydrogens is 324 g/mol. The van der Waals surface area contributed by atoms with Crippen molar-refractivity contribution in [1.82, 2.24) is 0 Å². The molecular formula is C18H20N2O5. The number of hydrogen-bond acceptors (Lipinski definition) is 7. The number of rotatable bonds is 5. The van der Waals surface area contributed by atoms with Crippen molar-refractivity contribution in [3.63, 3.8) is 0 Å². The Morgan fingerprint density at radius 1 is 1.28 bits per heavy atom. The van der Waals surface area contributed by atoms with Gasteiger partial charge in [-0.2, -0.15) is 5.26 Å². The summed E-state index contributed by atoms with van der Waals surface area (Å²) in [5.41, 5.74) is 0.892. The summed E-state index contributed by atoms with van der Waals surface area (Å²) in [6.07, 6.45) is 0.398. The zero-order valence-corrected chi connectivity index (χ0v) is 14.6. The molecule has 7 nitrogen and oxygen atoms in total. The lowest BCUT2D eigenvalue weighted by Crippen LogP contribution is -2.33. The molecule has 1 aromatic carbocycles. The van der Waals surface area contributed by atoms with Crippen molar-refractivity contribution in [2.24, 2.45) is 5.92 Å². The summed E-state index contributed by atoms with van der Waals surface area (Å²) in [7, 11) is 4.30. The number of esters is 1. The predicted molar refractivity (Wildman–Crippen MR) is 89.5 cm³/mol. The van der Waals surface area contributed by atoms with Gasteiger partial charge in [0.05, 0.1) is 33.0 Å². The van der Waals surface area contributed by atoms with Gasteiger partial charge in [-0.1, -0.05) is 13.0 Å². The van der Waals surface area contributed by atoms with E-state index in [4.69, 9.17) is 24.4 Å². The van der Waals surface area contributed by atoms with Gasteiger partial charge in [-0.15, -0.1) is 0 Å². The predicted octanol–water partition coefficient (Wildman–Crippen LogP) is 2.77. The Morgan fingerprint density at radius 3 is 2.48 bits per heavy atom. The Balaban J connectivity index is 2.69. The lowest BCUT2D eigenvalue weighted by Gasteiger charge is -2.31. The topological polar surface area (TPSA) is 102 Å². The van der Waals surface area contributed by atoms with Crippen LogP contribution in [0.4, 0.5) is 0 Å². The van der Waals surface area contributed by atoms with Crippen LogP contribution in [0, 0.1) is 22.7 Å². The van der Waals surface area contributed by atoms with Gasteiger partial charge < -0.3 is 18.9 Å². The fourth-order valence-corrected chi connectivity index (χ4v) is 2.89. The largest absolute Gasteiger partial charge is 0.493 e. The van der Waals surface area contributed by atoms with Crippen LogP contribution in [0.15, 0.2) is 29.5 Å². The maximum absolute atomic E-state index is 12.4. The molecule has 0 spiro atoms. The molecule has 0 bridgehead atoms. The quantitative estimate of drug-likeness (QED) is 0.824. The molecule has 1 aromatic rings. The van der Waals surface area contributed by atoms with E-state index in [0.29, 0.717) is 29.2 Å². The van der Waals surface area contributed by atoms with Crippen molar-refractivity contribution >= 4 is 11.9 Å². The van der Waals surface area contributed by atoms with Crippen LogP contribution < -0.4 is 9.47 Å². The van der Waals surface area contributed by atoms with Crippen LogP contribution in [0.5, 0.6) is 11.5 Å². The van der Waals surface area contributed by atoms with Crippen LogP contribution in [0.25, 0.3) is 0 Å². The van der Waals surface area contributed by atoms with E-state index in [1.807, 2.05) is 6.92 Å². The SMILES string of the molecule is CCC1=C(C(=O)OC)C(c2ccc(OC)c(OC)c2)C(C#N)C(=N)O1. The van der Waals surface area contributed by atoms with Gasteiger partial charge >= 0.3 is 5.97 Å². The third kappa shape index (κ3) is 3.29. The molecule has 132 valence electrons. The van der Waals surface area contributed by atoms with E-state index in [-0.39, 0.29) is 11.5 Å². The first kappa shape index (κ1) is 18.3. The summed E-state index contributed by atoms with van der Waals surface area (Å²) < 4.78 is 20.8. The minimum atomic E-state index is -0.942. The average Bonchev–Trinajstić information content (AvgIpc) is 2.65. The molecule has 2 unspecified atom stereocenters. The van der Waals surface area contributed by atoms with Gasteiger partial charge in [0, 0.05) is 12.3 Å². The smallest absolute Gasteiger partial charge is 0.337 e. The standard InChI is InChI=1S/C18H20N2O5/c1-5-12-16(18(21)24-4)15(11(9-19)17(20)25-12)10-6-7-13(22-2)14(8-10)23-3/h6-8,11,15,20H,5H2,1-4H3. The summed E-state index contributed by atoms with van der Waals surface area (Å²) in [6, 6.07) is 7.19.